The topological polar surface area (TPSA) is 87.6 Å². The number of carbonyl (C=O) groups is 1. The van der Waals surface area contributed by atoms with Crippen LogP contribution in [0.5, 0.6) is 5.75 Å². The molecule has 0 unspecified atom stereocenters. The number of likely N-dealkylation sites (tertiary alicyclic amines) is 1. The highest BCUT2D eigenvalue weighted by atomic mass is 16.5. The molecule has 0 aliphatic carbocycles. The van der Waals surface area contributed by atoms with Gasteiger partial charge in [-0.15, -0.1) is 0 Å². The normalized spacial score (nSPS) is 20.3. The smallest absolute Gasteiger partial charge is 0.325 e. The summed E-state index contributed by atoms with van der Waals surface area (Å²) in [5.74, 6) is 0.230. The van der Waals surface area contributed by atoms with Crippen molar-refractivity contribution in [3.63, 3.8) is 0 Å². The molecule has 178 valence electrons. The van der Waals surface area contributed by atoms with Crippen LogP contribution >= 0.6 is 0 Å². The van der Waals surface area contributed by atoms with E-state index < -0.39 is 12.0 Å². The molecular weight excluding hydrogens is 442 g/mol. The molecule has 2 aromatic carbocycles. The van der Waals surface area contributed by atoms with Gasteiger partial charge in [0.15, 0.2) is 0 Å². The Labute approximate surface area is 202 Å². The number of rotatable bonds is 6. The molecule has 35 heavy (non-hydrogen) atoms. The average Bonchev–Trinajstić information content (AvgIpc) is 3.27. The zero-order valence-electron chi connectivity index (χ0n) is 19.3. The molecule has 1 saturated heterocycles. The van der Waals surface area contributed by atoms with Crippen LogP contribution in [0.2, 0.25) is 0 Å². The molecule has 3 atom stereocenters. The van der Waals surface area contributed by atoms with E-state index in [9.17, 15) is 14.7 Å². The van der Waals surface area contributed by atoms with Crippen molar-refractivity contribution in [3.8, 4) is 5.75 Å². The first-order chi connectivity index (χ1) is 17.1. The number of benzene rings is 2. The number of nitrogens with zero attached hydrogens (tertiary/aromatic N) is 2. The standard InChI is InChI=1S/C28H27N3O4/c32-26-8-4-7-25-20-11-19(15-31(25)26)14-30(16-20)27(28(33)34)23-13-29-24-10-9-21(12-22(23)24)35-17-18-5-2-1-3-6-18/h1-10,12-13,19-20,27,29H,11,14-17H2,(H,33,34)/t19-,20-,27+/m0/s1. The largest absolute Gasteiger partial charge is 0.489 e. The Kier molecular flexibility index (Phi) is 5.41. The van der Waals surface area contributed by atoms with Gasteiger partial charge in [0, 0.05) is 60.0 Å². The number of fused-ring (bicyclic) bond motifs is 5. The summed E-state index contributed by atoms with van der Waals surface area (Å²) < 4.78 is 7.88. The lowest BCUT2D eigenvalue weighted by Crippen LogP contribution is -2.49. The number of H-pyrrole nitrogens is 1. The van der Waals surface area contributed by atoms with E-state index in [1.165, 1.54) is 0 Å². The van der Waals surface area contributed by atoms with Crippen LogP contribution < -0.4 is 10.3 Å². The molecule has 0 saturated carbocycles. The fourth-order valence-corrected chi connectivity index (χ4v) is 5.81. The number of carboxylic acids is 1. The van der Waals surface area contributed by atoms with E-state index in [1.54, 1.807) is 12.1 Å². The summed E-state index contributed by atoms with van der Waals surface area (Å²) in [5, 5.41) is 11.2. The summed E-state index contributed by atoms with van der Waals surface area (Å²) in [6.07, 6.45) is 2.80. The van der Waals surface area contributed by atoms with Crippen LogP contribution in [0.1, 0.15) is 35.2 Å². The third-order valence-corrected chi connectivity index (χ3v) is 7.34. The van der Waals surface area contributed by atoms with Crippen LogP contribution in [0.3, 0.4) is 0 Å². The molecule has 2 aliphatic rings. The number of ether oxygens (including phenoxy) is 1. The lowest BCUT2D eigenvalue weighted by atomic mass is 9.82. The number of hydrogen-bond acceptors (Lipinski definition) is 4. The summed E-state index contributed by atoms with van der Waals surface area (Å²) >= 11 is 0. The Bertz CT molecular complexity index is 1440. The van der Waals surface area contributed by atoms with Crippen LogP contribution in [0.4, 0.5) is 0 Å². The van der Waals surface area contributed by atoms with Gasteiger partial charge in [0.05, 0.1) is 0 Å². The maximum atomic E-state index is 12.6. The number of aromatic amines is 1. The van der Waals surface area contributed by atoms with Gasteiger partial charge in [0.1, 0.15) is 18.4 Å². The number of nitrogens with one attached hydrogen (secondary N) is 1. The van der Waals surface area contributed by atoms with Gasteiger partial charge >= 0.3 is 5.97 Å². The second-order valence-corrected chi connectivity index (χ2v) is 9.62. The van der Waals surface area contributed by atoms with Gasteiger partial charge < -0.3 is 19.4 Å². The first-order valence-electron chi connectivity index (χ1n) is 12.0. The molecule has 6 rings (SSSR count). The molecule has 2 N–H and O–H groups in total. The highest BCUT2D eigenvalue weighted by molar-refractivity contribution is 5.90. The predicted molar refractivity (Wildman–Crippen MR) is 133 cm³/mol. The Morgan fingerprint density at radius 2 is 1.91 bits per heavy atom. The number of piperidine rings is 1. The monoisotopic (exact) mass is 469 g/mol. The summed E-state index contributed by atoms with van der Waals surface area (Å²) in [6, 6.07) is 20.4. The number of hydrogen-bond donors (Lipinski definition) is 2. The lowest BCUT2D eigenvalue weighted by molar-refractivity contribution is -0.144. The van der Waals surface area contributed by atoms with Crippen LogP contribution in [0.15, 0.2) is 77.7 Å². The number of pyridine rings is 1. The SMILES string of the molecule is O=C(O)[C@@H](c1c[nH]c2ccc(OCc3ccccc3)cc12)N1C[C@@H]2C[C@@H](C1)c1cccc(=O)n1C2. The van der Waals surface area contributed by atoms with Crippen LogP contribution in [0, 0.1) is 5.92 Å². The summed E-state index contributed by atoms with van der Waals surface area (Å²) in [6.45, 7) is 2.33. The van der Waals surface area contributed by atoms with Gasteiger partial charge in [-0.25, -0.2) is 0 Å². The van der Waals surface area contributed by atoms with Crippen molar-refractivity contribution < 1.29 is 14.6 Å². The third-order valence-electron chi connectivity index (χ3n) is 7.34. The quantitative estimate of drug-likeness (QED) is 0.443. The zero-order chi connectivity index (χ0) is 23.9. The molecular formula is C28H27N3O4. The average molecular weight is 470 g/mol. The fourth-order valence-electron chi connectivity index (χ4n) is 5.81. The Morgan fingerprint density at radius 3 is 2.74 bits per heavy atom. The van der Waals surface area contributed by atoms with Crippen LogP contribution in [0.25, 0.3) is 10.9 Å². The third kappa shape index (κ3) is 4.02. The van der Waals surface area contributed by atoms with Gasteiger partial charge in [-0.2, -0.15) is 0 Å². The van der Waals surface area contributed by atoms with Crippen molar-refractivity contribution in [1.29, 1.82) is 0 Å². The van der Waals surface area contributed by atoms with Gasteiger partial charge in [-0.3, -0.25) is 14.5 Å². The van der Waals surface area contributed by atoms with Gasteiger partial charge in [0.2, 0.25) is 0 Å². The molecule has 7 nitrogen and oxygen atoms in total. The summed E-state index contributed by atoms with van der Waals surface area (Å²) in [5.41, 5.74) is 3.73. The van der Waals surface area contributed by atoms with Gasteiger partial charge in [0.25, 0.3) is 5.56 Å². The maximum Gasteiger partial charge on any atom is 0.325 e. The minimum Gasteiger partial charge on any atom is -0.489 e. The minimum atomic E-state index is -0.869. The van der Waals surface area contributed by atoms with Crippen molar-refractivity contribution in [2.24, 2.45) is 5.92 Å². The van der Waals surface area contributed by atoms with Crippen molar-refractivity contribution >= 4 is 16.9 Å². The second-order valence-electron chi connectivity index (χ2n) is 9.62. The van der Waals surface area contributed by atoms with Crippen molar-refractivity contribution in [3.05, 3.63) is 100 Å². The molecule has 4 aromatic rings. The van der Waals surface area contributed by atoms with E-state index in [2.05, 4.69) is 9.88 Å². The van der Waals surface area contributed by atoms with Crippen LogP contribution in [-0.4, -0.2) is 38.6 Å². The molecule has 4 heterocycles. The first kappa shape index (κ1) is 21.7. The zero-order valence-corrected chi connectivity index (χ0v) is 19.3. The number of aromatic nitrogens is 2. The predicted octanol–water partition coefficient (Wildman–Crippen LogP) is 4.15. The molecule has 0 radical (unpaired) electrons. The van der Waals surface area contributed by atoms with E-state index in [4.69, 9.17) is 4.74 Å². The van der Waals surface area contributed by atoms with E-state index >= 15 is 0 Å². The first-order valence-corrected chi connectivity index (χ1v) is 12.0. The second kappa shape index (κ2) is 8.74. The van der Waals surface area contributed by atoms with E-state index in [0.29, 0.717) is 32.0 Å². The highest BCUT2D eigenvalue weighted by Crippen LogP contribution is 2.40. The maximum absolute atomic E-state index is 12.6. The summed E-state index contributed by atoms with van der Waals surface area (Å²) in [4.78, 5) is 30.3. The summed E-state index contributed by atoms with van der Waals surface area (Å²) in [7, 11) is 0. The van der Waals surface area contributed by atoms with Gasteiger partial charge in [-0.1, -0.05) is 36.4 Å². The van der Waals surface area contributed by atoms with Crippen molar-refractivity contribution in [2.45, 2.75) is 31.5 Å². The van der Waals surface area contributed by atoms with Crippen LogP contribution in [-0.2, 0) is 17.9 Å². The molecule has 1 fully saturated rings. The van der Waals surface area contributed by atoms with Crippen molar-refractivity contribution in [1.82, 2.24) is 14.5 Å². The molecule has 0 amide bonds. The Hall–Kier alpha value is -3.84. The molecule has 0 spiro atoms. The molecule has 7 heteroatoms. The number of carboxylic acid groups (broad SMARTS) is 1. The van der Waals surface area contributed by atoms with E-state index in [0.717, 1.165) is 34.1 Å². The molecule has 2 bridgehead atoms. The lowest BCUT2D eigenvalue weighted by Gasteiger charge is -2.44. The van der Waals surface area contributed by atoms with Gasteiger partial charge in [-0.05, 0) is 42.2 Å². The molecule has 2 aromatic heterocycles. The Balaban J connectivity index is 1.30. The highest BCUT2D eigenvalue weighted by Gasteiger charge is 2.40. The Morgan fingerprint density at radius 1 is 1.06 bits per heavy atom. The number of aliphatic carboxylic acids is 1. The fraction of sp³-hybridized carbons (Fsp3) is 0.286. The minimum absolute atomic E-state index is 0.0279. The molecule has 2 aliphatic heterocycles. The van der Waals surface area contributed by atoms with E-state index in [1.807, 2.05) is 65.4 Å². The van der Waals surface area contributed by atoms with E-state index in [-0.39, 0.29) is 17.4 Å². The van der Waals surface area contributed by atoms with Crippen molar-refractivity contribution in [2.75, 3.05) is 13.1 Å².